The zero-order valence-electron chi connectivity index (χ0n) is 19.1. The first-order valence-corrected chi connectivity index (χ1v) is 11.8. The first kappa shape index (κ1) is 21.6. The summed E-state index contributed by atoms with van der Waals surface area (Å²) in [6.07, 6.45) is 5.02. The van der Waals surface area contributed by atoms with Gasteiger partial charge in [0.2, 0.25) is 17.7 Å². The normalized spacial score (nSPS) is 28.7. The van der Waals surface area contributed by atoms with E-state index in [1.807, 2.05) is 0 Å². The standard InChI is InChI=1S/C27H24N2O6/c1-34-20-9-7-18(8-10-20)28-14-17(12-22(28)30)27(33)35-21-4-2-3-19(13-21)29-25(31)23-15-5-6-16(11-15)24(23)26(29)32/h2-10,13,15-17,23-24H,11-12,14H2,1H3/t15-,16+,17-,23-,24+/m1/s1. The molecule has 178 valence electrons. The number of fused-ring (bicyclic) bond motifs is 5. The Hall–Kier alpha value is -3.94. The molecule has 2 saturated heterocycles. The Kier molecular flexibility index (Phi) is 4.98. The third kappa shape index (κ3) is 3.43. The van der Waals surface area contributed by atoms with Gasteiger partial charge in [-0.3, -0.25) is 19.2 Å². The van der Waals surface area contributed by atoms with Crippen LogP contribution in [-0.2, 0) is 19.2 Å². The first-order valence-electron chi connectivity index (χ1n) is 11.8. The maximum Gasteiger partial charge on any atom is 0.316 e. The smallest absolute Gasteiger partial charge is 0.316 e. The van der Waals surface area contributed by atoms with Gasteiger partial charge in [0.1, 0.15) is 11.5 Å². The summed E-state index contributed by atoms with van der Waals surface area (Å²) in [7, 11) is 1.57. The lowest BCUT2D eigenvalue weighted by atomic mass is 9.85. The summed E-state index contributed by atoms with van der Waals surface area (Å²) in [5.74, 6) is -1.09. The van der Waals surface area contributed by atoms with Crippen molar-refractivity contribution in [3.05, 3.63) is 60.7 Å². The van der Waals surface area contributed by atoms with Gasteiger partial charge in [-0.25, -0.2) is 4.90 Å². The van der Waals surface area contributed by atoms with Gasteiger partial charge in [0.15, 0.2) is 0 Å². The number of nitrogens with zero attached hydrogens (tertiary/aromatic N) is 2. The molecule has 2 aliphatic heterocycles. The third-order valence-corrected chi connectivity index (χ3v) is 7.61. The van der Waals surface area contributed by atoms with Crippen molar-refractivity contribution < 1.29 is 28.7 Å². The van der Waals surface area contributed by atoms with E-state index in [1.54, 1.807) is 60.5 Å². The van der Waals surface area contributed by atoms with Crippen LogP contribution in [0.15, 0.2) is 60.7 Å². The van der Waals surface area contributed by atoms with Crippen LogP contribution in [0.25, 0.3) is 0 Å². The Bertz CT molecular complexity index is 1240. The molecule has 2 aromatic rings. The van der Waals surface area contributed by atoms with Crippen LogP contribution < -0.4 is 19.3 Å². The topological polar surface area (TPSA) is 93.2 Å². The highest BCUT2D eigenvalue weighted by molar-refractivity contribution is 6.22. The van der Waals surface area contributed by atoms with Crippen molar-refractivity contribution in [1.82, 2.24) is 0 Å². The Morgan fingerprint density at radius 1 is 0.886 bits per heavy atom. The number of hydrogen-bond acceptors (Lipinski definition) is 6. The molecule has 6 rings (SSSR count). The van der Waals surface area contributed by atoms with Crippen molar-refractivity contribution in [2.24, 2.45) is 29.6 Å². The number of amides is 3. The van der Waals surface area contributed by atoms with E-state index >= 15 is 0 Å². The minimum atomic E-state index is -0.621. The van der Waals surface area contributed by atoms with E-state index in [4.69, 9.17) is 9.47 Å². The number of allylic oxidation sites excluding steroid dienone is 2. The number of anilines is 2. The lowest BCUT2D eigenvalue weighted by molar-refractivity contribution is -0.139. The number of benzene rings is 2. The minimum absolute atomic E-state index is 0.0484. The number of esters is 1. The highest BCUT2D eigenvalue weighted by Gasteiger charge is 2.59. The number of ether oxygens (including phenoxy) is 2. The molecule has 2 heterocycles. The summed E-state index contributed by atoms with van der Waals surface area (Å²) in [6, 6.07) is 13.5. The largest absolute Gasteiger partial charge is 0.497 e. The number of carbonyl (C=O) groups is 4. The first-order chi connectivity index (χ1) is 16.9. The van der Waals surface area contributed by atoms with Gasteiger partial charge in [0.25, 0.3) is 0 Å². The van der Waals surface area contributed by atoms with Gasteiger partial charge in [-0.05, 0) is 54.7 Å². The van der Waals surface area contributed by atoms with Crippen LogP contribution in [0.1, 0.15) is 12.8 Å². The molecule has 0 radical (unpaired) electrons. The lowest BCUT2D eigenvalue weighted by Crippen LogP contribution is -2.32. The summed E-state index contributed by atoms with van der Waals surface area (Å²) in [4.78, 5) is 54.4. The number of hydrogen-bond donors (Lipinski definition) is 0. The summed E-state index contributed by atoms with van der Waals surface area (Å²) >= 11 is 0. The molecule has 8 heteroatoms. The molecular weight excluding hydrogens is 448 g/mol. The molecule has 3 amide bonds. The van der Waals surface area contributed by atoms with Crippen LogP contribution in [0.2, 0.25) is 0 Å². The SMILES string of the molecule is COc1ccc(N2C[C@H](C(=O)Oc3cccc(N4C(=O)[C@@H]5[C@H](C4=O)[C@@H]4C=C[C@H]5C4)c3)CC2=O)cc1. The van der Waals surface area contributed by atoms with Crippen molar-refractivity contribution in [3.63, 3.8) is 0 Å². The molecular formula is C27H24N2O6. The highest BCUT2D eigenvalue weighted by Crippen LogP contribution is 2.53. The number of rotatable bonds is 5. The van der Waals surface area contributed by atoms with Gasteiger partial charge in [-0.15, -0.1) is 0 Å². The monoisotopic (exact) mass is 472 g/mol. The van der Waals surface area contributed by atoms with E-state index in [0.717, 1.165) is 6.42 Å². The molecule has 2 aromatic carbocycles. The molecule has 2 aliphatic carbocycles. The maximum atomic E-state index is 13.1. The fourth-order valence-corrected chi connectivity index (χ4v) is 5.92. The van der Waals surface area contributed by atoms with Crippen molar-refractivity contribution in [2.45, 2.75) is 12.8 Å². The molecule has 3 fully saturated rings. The average molecular weight is 472 g/mol. The molecule has 0 aromatic heterocycles. The van der Waals surface area contributed by atoms with E-state index in [-0.39, 0.29) is 60.1 Å². The van der Waals surface area contributed by atoms with Gasteiger partial charge in [-0.2, -0.15) is 0 Å². The second-order valence-corrected chi connectivity index (χ2v) is 9.53. The van der Waals surface area contributed by atoms with Crippen LogP contribution >= 0.6 is 0 Å². The predicted octanol–water partition coefficient (Wildman–Crippen LogP) is 2.97. The maximum absolute atomic E-state index is 13.1. The van der Waals surface area contributed by atoms with Crippen LogP contribution in [-0.4, -0.2) is 37.3 Å². The quantitative estimate of drug-likeness (QED) is 0.288. The molecule has 5 atom stereocenters. The van der Waals surface area contributed by atoms with Gasteiger partial charge in [-0.1, -0.05) is 18.2 Å². The van der Waals surface area contributed by atoms with E-state index in [0.29, 0.717) is 17.1 Å². The van der Waals surface area contributed by atoms with Crippen molar-refractivity contribution in [2.75, 3.05) is 23.5 Å². The Balaban J connectivity index is 1.15. The van der Waals surface area contributed by atoms with E-state index in [2.05, 4.69) is 12.2 Å². The fourth-order valence-electron chi connectivity index (χ4n) is 5.92. The molecule has 35 heavy (non-hydrogen) atoms. The van der Waals surface area contributed by atoms with Crippen LogP contribution in [0, 0.1) is 29.6 Å². The minimum Gasteiger partial charge on any atom is -0.497 e. The predicted molar refractivity (Wildman–Crippen MR) is 126 cm³/mol. The third-order valence-electron chi connectivity index (χ3n) is 7.61. The number of imide groups is 1. The van der Waals surface area contributed by atoms with E-state index in [1.165, 1.54) is 4.90 Å². The molecule has 2 bridgehead atoms. The molecule has 0 unspecified atom stereocenters. The van der Waals surface area contributed by atoms with Crippen LogP contribution in [0.4, 0.5) is 11.4 Å². The second kappa shape index (κ2) is 8.08. The van der Waals surface area contributed by atoms with Crippen molar-refractivity contribution >= 4 is 35.1 Å². The summed E-state index contributed by atoms with van der Waals surface area (Å²) < 4.78 is 10.7. The van der Waals surface area contributed by atoms with Gasteiger partial charge in [0, 0.05) is 24.7 Å². The van der Waals surface area contributed by atoms with Crippen LogP contribution in [0.3, 0.4) is 0 Å². The zero-order chi connectivity index (χ0) is 24.3. The van der Waals surface area contributed by atoms with Gasteiger partial charge >= 0.3 is 5.97 Å². The molecule has 1 saturated carbocycles. The molecule has 8 nitrogen and oxygen atoms in total. The molecule has 0 spiro atoms. The summed E-state index contributed by atoms with van der Waals surface area (Å²) in [6.45, 7) is 0.214. The second-order valence-electron chi connectivity index (χ2n) is 9.53. The highest BCUT2D eigenvalue weighted by atomic mass is 16.5. The van der Waals surface area contributed by atoms with E-state index in [9.17, 15) is 19.2 Å². The van der Waals surface area contributed by atoms with Crippen molar-refractivity contribution in [1.29, 1.82) is 0 Å². The molecule has 0 N–H and O–H groups in total. The Labute approximate surface area is 202 Å². The lowest BCUT2D eigenvalue weighted by Gasteiger charge is -2.18. The zero-order valence-corrected chi connectivity index (χ0v) is 19.1. The summed E-state index contributed by atoms with van der Waals surface area (Å²) in [5.41, 5.74) is 1.09. The Morgan fingerprint density at radius 3 is 2.23 bits per heavy atom. The van der Waals surface area contributed by atoms with E-state index < -0.39 is 11.9 Å². The average Bonchev–Trinajstić information content (AvgIpc) is 3.63. The van der Waals surface area contributed by atoms with Crippen molar-refractivity contribution in [3.8, 4) is 11.5 Å². The Morgan fingerprint density at radius 2 is 1.57 bits per heavy atom. The summed E-state index contributed by atoms with van der Waals surface area (Å²) in [5, 5.41) is 0. The number of methoxy groups -OCH3 is 1. The van der Waals surface area contributed by atoms with Gasteiger partial charge in [0.05, 0.1) is 30.6 Å². The number of carbonyl (C=O) groups excluding carboxylic acids is 4. The van der Waals surface area contributed by atoms with Crippen LogP contribution in [0.5, 0.6) is 11.5 Å². The fraction of sp³-hybridized carbons (Fsp3) is 0.333. The molecule has 4 aliphatic rings. The van der Waals surface area contributed by atoms with Gasteiger partial charge < -0.3 is 14.4 Å².